The summed E-state index contributed by atoms with van der Waals surface area (Å²) in [5.41, 5.74) is 5.52. The van der Waals surface area contributed by atoms with Crippen molar-refractivity contribution in [3.63, 3.8) is 0 Å². The molecule has 0 spiro atoms. The molecule has 0 radical (unpaired) electrons. The number of benzene rings is 3. The monoisotopic (exact) mass is 292 g/mol. The molecule has 108 valence electrons. The summed E-state index contributed by atoms with van der Waals surface area (Å²) >= 11 is 0. The van der Waals surface area contributed by atoms with Crippen LogP contribution < -0.4 is 10.4 Å². The molecule has 2 aliphatic carbocycles. The lowest BCUT2D eigenvalue weighted by Crippen LogP contribution is -2.03. The quantitative estimate of drug-likeness (QED) is 0.530. The predicted octanol–water partition coefficient (Wildman–Crippen LogP) is 3.54. The summed E-state index contributed by atoms with van der Waals surface area (Å²) in [6.07, 6.45) is 8.03. The third-order valence-corrected chi connectivity index (χ3v) is 4.79. The van der Waals surface area contributed by atoms with Crippen molar-refractivity contribution in [1.29, 1.82) is 0 Å². The highest BCUT2D eigenvalue weighted by molar-refractivity contribution is 5.79. The molecule has 23 heavy (non-hydrogen) atoms. The van der Waals surface area contributed by atoms with Gasteiger partial charge in [0.05, 0.1) is 0 Å². The molecule has 0 heteroatoms. The van der Waals surface area contributed by atoms with Gasteiger partial charge in [0.1, 0.15) is 0 Å². The highest BCUT2D eigenvalue weighted by Gasteiger charge is 2.12. The Hall–Kier alpha value is -2.86. The summed E-state index contributed by atoms with van der Waals surface area (Å²) in [5, 5.41) is 5.40. The van der Waals surface area contributed by atoms with Gasteiger partial charge in [-0.2, -0.15) is 0 Å². The van der Waals surface area contributed by atoms with E-state index in [1.54, 1.807) is 0 Å². The van der Waals surface area contributed by atoms with Crippen molar-refractivity contribution in [1.82, 2.24) is 0 Å². The Kier molecular flexibility index (Phi) is 2.65. The van der Waals surface area contributed by atoms with E-state index in [9.17, 15) is 0 Å². The Bertz CT molecular complexity index is 1160. The minimum atomic E-state index is 0.997. The molecular formula is C23H16. The van der Waals surface area contributed by atoms with E-state index in [4.69, 9.17) is 0 Å². The number of hydrogen-bond donors (Lipinski definition) is 0. The molecule has 0 nitrogen and oxygen atoms in total. The zero-order valence-electron chi connectivity index (χ0n) is 12.8. The summed E-state index contributed by atoms with van der Waals surface area (Å²) in [7, 11) is 0. The van der Waals surface area contributed by atoms with Gasteiger partial charge in [0.2, 0.25) is 0 Å². The molecule has 0 N–H and O–H groups in total. The number of rotatable bonds is 2. The van der Waals surface area contributed by atoms with E-state index in [2.05, 4.69) is 85.0 Å². The van der Waals surface area contributed by atoms with E-state index in [1.807, 2.05) is 0 Å². The zero-order chi connectivity index (χ0) is 15.2. The fourth-order valence-electron chi connectivity index (χ4n) is 3.71. The largest absolute Gasteiger partial charge is 0.0622 e. The van der Waals surface area contributed by atoms with Crippen molar-refractivity contribution in [2.75, 3.05) is 0 Å². The lowest BCUT2D eigenvalue weighted by Gasteiger charge is -2.00. The van der Waals surface area contributed by atoms with Gasteiger partial charge >= 0.3 is 0 Å². The molecule has 0 amide bonds. The van der Waals surface area contributed by atoms with E-state index >= 15 is 0 Å². The van der Waals surface area contributed by atoms with Crippen LogP contribution >= 0.6 is 0 Å². The standard InChI is InChI=1S/C23H16/c1-2-6-16(7-3-1)12-17-13-19-10-11-21-20-9-5-4-8-18(20)15-23(21)22(19)14-17/h1-11,13-15H,12H2. The Morgan fingerprint density at radius 2 is 1.35 bits per heavy atom. The lowest BCUT2D eigenvalue weighted by atomic mass is 10.0. The van der Waals surface area contributed by atoms with E-state index in [1.165, 1.54) is 43.1 Å². The molecule has 0 saturated carbocycles. The van der Waals surface area contributed by atoms with Crippen LogP contribution in [0.3, 0.4) is 0 Å². The van der Waals surface area contributed by atoms with Gasteiger partial charge in [-0.05, 0) is 55.6 Å². The summed E-state index contributed by atoms with van der Waals surface area (Å²) in [6.45, 7) is 0. The van der Waals surface area contributed by atoms with Crippen LogP contribution in [0.4, 0.5) is 0 Å². The van der Waals surface area contributed by atoms with Gasteiger partial charge in [-0.3, -0.25) is 0 Å². The molecule has 3 aromatic rings. The fourth-order valence-corrected chi connectivity index (χ4v) is 3.71. The fraction of sp³-hybridized carbons (Fsp3) is 0.0435. The molecule has 0 unspecified atom stereocenters. The van der Waals surface area contributed by atoms with Crippen molar-refractivity contribution in [2.24, 2.45) is 0 Å². The average Bonchev–Trinajstić information content (AvgIpc) is 3.16. The summed E-state index contributed by atoms with van der Waals surface area (Å²) in [4.78, 5) is 0. The van der Waals surface area contributed by atoms with Crippen molar-refractivity contribution >= 4 is 18.2 Å². The van der Waals surface area contributed by atoms with Crippen molar-refractivity contribution in [3.05, 3.63) is 110 Å². The Balaban J connectivity index is 1.67. The van der Waals surface area contributed by atoms with Crippen LogP contribution in [-0.2, 0) is 6.42 Å². The summed E-state index contributed by atoms with van der Waals surface area (Å²) in [6, 6.07) is 23.9. The van der Waals surface area contributed by atoms with Gasteiger partial charge in [-0.1, -0.05) is 78.9 Å². The second-order valence-corrected chi connectivity index (χ2v) is 6.29. The van der Waals surface area contributed by atoms with E-state index in [0.717, 1.165) is 6.42 Å². The predicted molar refractivity (Wildman–Crippen MR) is 96.0 cm³/mol. The third kappa shape index (κ3) is 1.99. The zero-order valence-corrected chi connectivity index (χ0v) is 12.8. The Labute approximate surface area is 135 Å². The van der Waals surface area contributed by atoms with E-state index < -0.39 is 0 Å². The molecule has 5 rings (SSSR count). The van der Waals surface area contributed by atoms with Crippen LogP contribution in [0, 0.1) is 10.4 Å². The second kappa shape index (κ2) is 4.82. The first kappa shape index (κ1) is 12.7. The van der Waals surface area contributed by atoms with Crippen LogP contribution in [0.1, 0.15) is 16.7 Å². The molecule has 0 saturated heterocycles. The third-order valence-electron chi connectivity index (χ3n) is 4.79. The molecule has 3 aromatic carbocycles. The normalized spacial score (nSPS) is 13.5. The smallest absolute Gasteiger partial charge is 0.00253 e. The topological polar surface area (TPSA) is 0 Å². The molecule has 2 aliphatic rings. The van der Waals surface area contributed by atoms with Crippen LogP contribution in [-0.4, -0.2) is 0 Å². The number of fused-ring (bicyclic) bond motifs is 4. The molecule has 0 fully saturated rings. The van der Waals surface area contributed by atoms with Gasteiger partial charge in [0.25, 0.3) is 0 Å². The molecule has 0 bridgehead atoms. The summed E-state index contributed by atoms with van der Waals surface area (Å²) < 4.78 is 0. The maximum atomic E-state index is 2.36. The molecule has 0 aliphatic heterocycles. The first-order chi connectivity index (χ1) is 11.4. The minimum absolute atomic E-state index is 0.997. The van der Waals surface area contributed by atoms with Crippen LogP contribution in [0.15, 0.2) is 72.3 Å². The maximum absolute atomic E-state index is 2.36. The Morgan fingerprint density at radius 1 is 0.522 bits per heavy atom. The van der Waals surface area contributed by atoms with Crippen LogP contribution in [0.5, 0.6) is 0 Å². The van der Waals surface area contributed by atoms with Crippen molar-refractivity contribution in [2.45, 2.75) is 6.42 Å². The first-order valence-corrected chi connectivity index (χ1v) is 8.09. The van der Waals surface area contributed by atoms with Crippen molar-refractivity contribution < 1.29 is 0 Å². The molecule has 0 aromatic heterocycles. The van der Waals surface area contributed by atoms with Crippen LogP contribution in [0.25, 0.3) is 18.2 Å². The molecular weight excluding hydrogens is 276 g/mol. The molecule has 0 atom stereocenters. The highest BCUT2D eigenvalue weighted by Crippen LogP contribution is 2.22. The SMILES string of the molecule is C1=C(Cc2ccccc2)C=c2ccc3c(c21)C=c1ccccc1=3. The number of hydrogen-bond acceptors (Lipinski definition) is 0. The first-order valence-electron chi connectivity index (χ1n) is 8.09. The highest BCUT2D eigenvalue weighted by atomic mass is 14.2. The average molecular weight is 292 g/mol. The minimum Gasteiger partial charge on any atom is -0.0622 e. The van der Waals surface area contributed by atoms with Gasteiger partial charge in [0, 0.05) is 0 Å². The lowest BCUT2D eigenvalue weighted by molar-refractivity contribution is 1.24. The second-order valence-electron chi connectivity index (χ2n) is 6.29. The number of allylic oxidation sites excluding steroid dienone is 1. The van der Waals surface area contributed by atoms with Gasteiger partial charge < -0.3 is 0 Å². The molecule has 0 heterocycles. The summed E-state index contributed by atoms with van der Waals surface area (Å²) in [5.74, 6) is 0. The Morgan fingerprint density at radius 3 is 2.26 bits per heavy atom. The van der Waals surface area contributed by atoms with Gasteiger partial charge in [-0.25, -0.2) is 0 Å². The van der Waals surface area contributed by atoms with Crippen molar-refractivity contribution in [3.8, 4) is 0 Å². The van der Waals surface area contributed by atoms with Gasteiger partial charge in [0.15, 0.2) is 0 Å². The van der Waals surface area contributed by atoms with Crippen LogP contribution in [0.2, 0.25) is 0 Å². The maximum Gasteiger partial charge on any atom is -0.00253 e. The van der Waals surface area contributed by atoms with E-state index in [0.29, 0.717) is 0 Å². The van der Waals surface area contributed by atoms with Gasteiger partial charge in [-0.15, -0.1) is 0 Å². The van der Waals surface area contributed by atoms with E-state index in [-0.39, 0.29) is 0 Å².